The number of nitrogens with one attached hydrogen (secondary N) is 3. The number of piperidine rings is 1. The van der Waals surface area contributed by atoms with Gasteiger partial charge in [0, 0.05) is 12.1 Å². The second-order valence-corrected chi connectivity index (χ2v) is 6.28. The molecule has 1 saturated heterocycles. The van der Waals surface area contributed by atoms with Gasteiger partial charge >= 0.3 is 0 Å². The Bertz CT molecular complexity index is 629. The number of carbonyl (C=O) groups is 1. The maximum atomic E-state index is 12.3. The monoisotopic (exact) mass is 298 g/mol. The van der Waals surface area contributed by atoms with Crippen LogP contribution in [-0.2, 0) is 0 Å². The molecule has 1 aliphatic rings. The number of H-pyrrole nitrogens is 1. The molecule has 5 nitrogen and oxygen atoms in total. The smallest absolute Gasteiger partial charge is 0.269 e. The third-order valence-corrected chi connectivity index (χ3v) is 4.38. The number of amides is 1. The number of hydrogen-bond acceptors (Lipinski definition) is 3. The molecule has 1 aliphatic heterocycles. The van der Waals surface area contributed by atoms with Crippen molar-refractivity contribution in [3.05, 3.63) is 42.1 Å². The van der Waals surface area contributed by atoms with E-state index in [1.165, 1.54) is 0 Å². The Morgan fingerprint density at radius 3 is 2.73 bits per heavy atom. The van der Waals surface area contributed by atoms with Crippen LogP contribution in [0.2, 0.25) is 0 Å². The maximum absolute atomic E-state index is 12.3. The van der Waals surface area contributed by atoms with E-state index in [9.17, 15) is 4.79 Å². The van der Waals surface area contributed by atoms with E-state index in [4.69, 9.17) is 0 Å². The first-order chi connectivity index (χ1) is 10.7. The molecule has 1 aromatic heterocycles. The molecule has 1 fully saturated rings. The number of aromatic nitrogens is 2. The fourth-order valence-electron chi connectivity index (χ4n) is 2.79. The largest absolute Gasteiger partial charge is 0.350 e. The number of hydrogen-bond donors (Lipinski definition) is 3. The van der Waals surface area contributed by atoms with Crippen LogP contribution >= 0.6 is 0 Å². The van der Waals surface area contributed by atoms with E-state index in [-0.39, 0.29) is 11.3 Å². The minimum absolute atomic E-state index is 0.0885. The lowest BCUT2D eigenvalue weighted by atomic mass is 9.81. The third-order valence-electron chi connectivity index (χ3n) is 4.38. The molecular weight excluding hydrogens is 276 g/mol. The van der Waals surface area contributed by atoms with Crippen LogP contribution in [0.3, 0.4) is 0 Å². The van der Waals surface area contributed by atoms with Gasteiger partial charge in [-0.1, -0.05) is 37.3 Å². The molecule has 0 radical (unpaired) electrons. The summed E-state index contributed by atoms with van der Waals surface area (Å²) in [5.41, 5.74) is 2.49. The molecule has 0 saturated carbocycles. The molecule has 0 spiro atoms. The molecule has 0 bridgehead atoms. The fourth-order valence-corrected chi connectivity index (χ4v) is 2.79. The van der Waals surface area contributed by atoms with E-state index in [1.807, 2.05) is 30.3 Å². The molecule has 3 N–H and O–H groups in total. The zero-order valence-corrected chi connectivity index (χ0v) is 12.9. The Kier molecular flexibility index (Phi) is 4.24. The van der Waals surface area contributed by atoms with Gasteiger partial charge in [-0.15, -0.1) is 0 Å². The molecule has 1 amide bonds. The quantitative estimate of drug-likeness (QED) is 0.810. The van der Waals surface area contributed by atoms with Crippen molar-refractivity contribution in [2.45, 2.75) is 19.8 Å². The van der Waals surface area contributed by atoms with Crippen LogP contribution in [0.1, 0.15) is 30.3 Å². The van der Waals surface area contributed by atoms with Crippen molar-refractivity contribution in [3.8, 4) is 11.3 Å². The lowest BCUT2D eigenvalue weighted by Crippen LogP contribution is -2.42. The Morgan fingerprint density at radius 2 is 2.00 bits per heavy atom. The molecule has 0 atom stereocenters. The summed E-state index contributed by atoms with van der Waals surface area (Å²) in [6.07, 6.45) is 2.18. The highest BCUT2D eigenvalue weighted by Gasteiger charge is 2.27. The van der Waals surface area contributed by atoms with Crippen molar-refractivity contribution in [2.24, 2.45) is 5.41 Å². The van der Waals surface area contributed by atoms with Gasteiger partial charge in [-0.2, -0.15) is 5.10 Å². The summed E-state index contributed by atoms with van der Waals surface area (Å²) in [6.45, 7) is 4.98. The van der Waals surface area contributed by atoms with Gasteiger partial charge in [0.2, 0.25) is 0 Å². The van der Waals surface area contributed by atoms with E-state index in [2.05, 4.69) is 27.8 Å². The van der Waals surface area contributed by atoms with E-state index < -0.39 is 0 Å². The number of carbonyl (C=O) groups excluding carboxylic acids is 1. The summed E-state index contributed by atoms with van der Waals surface area (Å²) >= 11 is 0. The molecular formula is C17H22N4O. The topological polar surface area (TPSA) is 69.8 Å². The highest BCUT2D eigenvalue weighted by atomic mass is 16.1. The van der Waals surface area contributed by atoms with Gasteiger partial charge < -0.3 is 10.6 Å². The molecule has 0 unspecified atom stereocenters. The van der Waals surface area contributed by atoms with Crippen LogP contribution < -0.4 is 10.6 Å². The van der Waals surface area contributed by atoms with Crippen LogP contribution in [0.5, 0.6) is 0 Å². The minimum Gasteiger partial charge on any atom is -0.350 e. The van der Waals surface area contributed by atoms with Crippen LogP contribution in [0, 0.1) is 5.41 Å². The van der Waals surface area contributed by atoms with Gasteiger partial charge in [0.05, 0.1) is 5.69 Å². The van der Waals surface area contributed by atoms with Crippen molar-refractivity contribution in [1.29, 1.82) is 0 Å². The Morgan fingerprint density at radius 1 is 1.27 bits per heavy atom. The number of aromatic amines is 1. The third kappa shape index (κ3) is 3.36. The standard InChI is InChI=1S/C17H22N4O/c1-17(7-9-18-10-8-17)12-19-16(22)15-11-14(20-21-15)13-5-3-2-4-6-13/h2-6,11,18H,7-10,12H2,1H3,(H,19,22)(H,20,21). The molecule has 2 aromatic rings. The molecule has 1 aromatic carbocycles. The van der Waals surface area contributed by atoms with Crippen LogP contribution in [0.25, 0.3) is 11.3 Å². The molecule has 2 heterocycles. The van der Waals surface area contributed by atoms with Crippen molar-refractivity contribution >= 4 is 5.91 Å². The van der Waals surface area contributed by atoms with Gasteiger partial charge in [0.25, 0.3) is 5.91 Å². The van der Waals surface area contributed by atoms with Crippen molar-refractivity contribution in [2.75, 3.05) is 19.6 Å². The zero-order valence-electron chi connectivity index (χ0n) is 12.9. The first-order valence-electron chi connectivity index (χ1n) is 7.76. The molecule has 116 valence electrons. The van der Waals surface area contributed by atoms with E-state index in [0.29, 0.717) is 12.2 Å². The van der Waals surface area contributed by atoms with Gasteiger partial charge in [-0.3, -0.25) is 9.89 Å². The Labute approximate surface area is 130 Å². The Hall–Kier alpha value is -2.14. The summed E-state index contributed by atoms with van der Waals surface area (Å²) in [7, 11) is 0. The zero-order chi connectivity index (χ0) is 15.4. The minimum atomic E-state index is -0.0885. The summed E-state index contributed by atoms with van der Waals surface area (Å²) in [5.74, 6) is -0.0885. The number of nitrogens with zero attached hydrogens (tertiary/aromatic N) is 1. The van der Waals surface area contributed by atoms with Gasteiger partial charge in [-0.25, -0.2) is 0 Å². The summed E-state index contributed by atoms with van der Waals surface area (Å²) in [4.78, 5) is 12.3. The first-order valence-corrected chi connectivity index (χ1v) is 7.76. The van der Waals surface area contributed by atoms with Gasteiger partial charge in [0.1, 0.15) is 5.69 Å². The highest BCUT2D eigenvalue weighted by Crippen LogP contribution is 2.26. The maximum Gasteiger partial charge on any atom is 0.269 e. The predicted molar refractivity (Wildman–Crippen MR) is 86.6 cm³/mol. The van der Waals surface area contributed by atoms with Gasteiger partial charge in [-0.05, 0) is 37.4 Å². The highest BCUT2D eigenvalue weighted by molar-refractivity contribution is 5.93. The molecule has 3 rings (SSSR count). The fraction of sp³-hybridized carbons (Fsp3) is 0.412. The number of rotatable bonds is 4. The summed E-state index contributed by atoms with van der Waals surface area (Å²) in [6, 6.07) is 11.6. The van der Waals surface area contributed by atoms with E-state index in [1.54, 1.807) is 6.07 Å². The molecule has 0 aliphatic carbocycles. The number of benzene rings is 1. The van der Waals surface area contributed by atoms with Crippen LogP contribution in [0.4, 0.5) is 0 Å². The lowest BCUT2D eigenvalue weighted by Gasteiger charge is -2.34. The summed E-state index contributed by atoms with van der Waals surface area (Å²) < 4.78 is 0. The van der Waals surface area contributed by atoms with E-state index >= 15 is 0 Å². The Balaban J connectivity index is 1.62. The SMILES string of the molecule is CC1(CNC(=O)c2cc(-c3ccccc3)n[nH]2)CCNCC1. The molecule has 22 heavy (non-hydrogen) atoms. The van der Waals surface area contributed by atoms with Crippen molar-refractivity contribution in [1.82, 2.24) is 20.8 Å². The van der Waals surface area contributed by atoms with Gasteiger partial charge in [0.15, 0.2) is 0 Å². The van der Waals surface area contributed by atoms with E-state index in [0.717, 1.165) is 37.2 Å². The average Bonchev–Trinajstić information content (AvgIpc) is 3.04. The van der Waals surface area contributed by atoms with Crippen LogP contribution in [0.15, 0.2) is 36.4 Å². The summed E-state index contributed by atoms with van der Waals surface area (Å²) in [5, 5.41) is 13.4. The first kappa shape index (κ1) is 14.8. The lowest BCUT2D eigenvalue weighted by molar-refractivity contribution is 0.0917. The van der Waals surface area contributed by atoms with Crippen LogP contribution in [-0.4, -0.2) is 35.7 Å². The average molecular weight is 298 g/mol. The molecule has 5 heteroatoms. The predicted octanol–water partition coefficient (Wildman–Crippen LogP) is 2.20. The normalized spacial score (nSPS) is 17.1. The second-order valence-electron chi connectivity index (χ2n) is 6.28. The van der Waals surface area contributed by atoms with Crippen molar-refractivity contribution in [3.63, 3.8) is 0 Å². The van der Waals surface area contributed by atoms with Crippen molar-refractivity contribution < 1.29 is 4.79 Å². The second kappa shape index (κ2) is 6.32.